The second-order valence-corrected chi connectivity index (χ2v) is 6.66. The normalized spacial score (nSPS) is 23.0. The molecule has 0 radical (unpaired) electrons. The van der Waals surface area contributed by atoms with Gasteiger partial charge in [-0.2, -0.15) is 0 Å². The number of rotatable bonds is 8. The molecule has 0 saturated carbocycles. The smallest absolute Gasteiger partial charge is 0.0599 e. The Morgan fingerprint density at radius 3 is 2.24 bits per heavy atom. The molecule has 21 heavy (non-hydrogen) atoms. The van der Waals surface area contributed by atoms with E-state index in [9.17, 15) is 0 Å². The molecule has 0 amide bonds. The molecule has 0 aromatic heterocycles. The number of nitrogens with zero attached hydrogens (tertiary/aromatic N) is 3. The summed E-state index contributed by atoms with van der Waals surface area (Å²) < 4.78 is 5.98. The van der Waals surface area contributed by atoms with Crippen molar-refractivity contribution in [2.75, 3.05) is 79.6 Å². The fraction of sp³-hybridized carbons (Fsp3) is 1.00. The summed E-state index contributed by atoms with van der Waals surface area (Å²) in [5.74, 6) is 0. The van der Waals surface area contributed by atoms with Crippen molar-refractivity contribution in [2.45, 2.75) is 25.4 Å². The van der Waals surface area contributed by atoms with Crippen molar-refractivity contribution in [1.82, 2.24) is 20.0 Å². The van der Waals surface area contributed by atoms with Crippen molar-refractivity contribution in [3.8, 4) is 0 Å². The van der Waals surface area contributed by atoms with Crippen LogP contribution in [0.4, 0.5) is 0 Å². The van der Waals surface area contributed by atoms with Crippen molar-refractivity contribution in [3.63, 3.8) is 0 Å². The highest BCUT2D eigenvalue weighted by molar-refractivity contribution is 4.73. The Kier molecular flexibility index (Phi) is 7.96. The average Bonchev–Trinajstić information content (AvgIpc) is 2.52. The quantitative estimate of drug-likeness (QED) is 0.653. The number of hydrogen-bond acceptors (Lipinski definition) is 5. The summed E-state index contributed by atoms with van der Waals surface area (Å²) in [7, 11) is 4.30. The lowest BCUT2D eigenvalue weighted by molar-refractivity contribution is 0.0251. The first-order valence-electron chi connectivity index (χ1n) is 8.66. The molecule has 0 aliphatic carbocycles. The molecule has 0 aromatic carbocycles. The van der Waals surface area contributed by atoms with Crippen LogP contribution in [0.15, 0.2) is 0 Å². The zero-order valence-electron chi connectivity index (χ0n) is 14.0. The molecule has 0 spiro atoms. The highest BCUT2D eigenvalue weighted by Crippen LogP contribution is 2.08. The summed E-state index contributed by atoms with van der Waals surface area (Å²) in [4.78, 5) is 7.45. The Balaban J connectivity index is 1.47. The second-order valence-electron chi connectivity index (χ2n) is 6.66. The molecule has 124 valence electrons. The van der Waals surface area contributed by atoms with Crippen LogP contribution in [-0.4, -0.2) is 100 Å². The minimum absolute atomic E-state index is 0.508. The Labute approximate surface area is 130 Å². The molecule has 0 aromatic rings. The van der Waals surface area contributed by atoms with Gasteiger partial charge in [-0.1, -0.05) is 0 Å². The summed E-state index contributed by atoms with van der Waals surface area (Å²) in [6.07, 6.45) is 4.06. The van der Waals surface area contributed by atoms with Crippen molar-refractivity contribution in [3.05, 3.63) is 0 Å². The summed E-state index contributed by atoms with van der Waals surface area (Å²) in [6, 6.07) is 0. The van der Waals surface area contributed by atoms with Gasteiger partial charge in [-0.05, 0) is 46.4 Å². The average molecular weight is 298 g/mol. The fourth-order valence-electron chi connectivity index (χ4n) is 3.08. The van der Waals surface area contributed by atoms with Crippen LogP contribution in [0, 0.1) is 0 Å². The van der Waals surface area contributed by atoms with E-state index in [1.54, 1.807) is 0 Å². The van der Waals surface area contributed by atoms with Gasteiger partial charge in [0.25, 0.3) is 0 Å². The van der Waals surface area contributed by atoms with Gasteiger partial charge in [-0.15, -0.1) is 0 Å². The molecule has 0 bridgehead atoms. The van der Waals surface area contributed by atoms with Crippen LogP contribution in [-0.2, 0) is 4.74 Å². The number of piperidine rings is 1. The monoisotopic (exact) mass is 298 g/mol. The Bertz CT molecular complexity index is 261. The maximum absolute atomic E-state index is 5.98. The Hall–Kier alpha value is -0.200. The minimum Gasteiger partial charge on any atom is -0.378 e. The van der Waals surface area contributed by atoms with Crippen molar-refractivity contribution in [2.24, 2.45) is 0 Å². The zero-order chi connectivity index (χ0) is 14.9. The van der Waals surface area contributed by atoms with E-state index in [1.165, 1.54) is 65.1 Å². The van der Waals surface area contributed by atoms with Gasteiger partial charge in [0.05, 0.1) is 6.10 Å². The second kappa shape index (κ2) is 9.74. The molecule has 5 nitrogen and oxygen atoms in total. The van der Waals surface area contributed by atoms with E-state index in [2.05, 4.69) is 34.1 Å². The van der Waals surface area contributed by atoms with Crippen molar-refractivity contribution < 1.29 is 4.74 Å². The molecule has 1 N–H and O–H groups in total. The summed E-state index contributed by atoms with van der Waals surface area (Å²) in [5.41, 5.74) is 0. The van der Waals surface area contributed by atoms with E-state index in [0.29, 0.717) is 6.10 Å². The van der Waals surface area contributed by atoms with E-state index >= 15 is 0 Å². The Morgan fingerprint density at radius 1 is 1.00 bits per heavy atom. The van der Waals surface area contributed by atoms with E-state index in [1.807, 2.05) is 0 Å². The SMILES string of the molecule is CN(C)CCN1CCN(CCCOC2CCNCC2)CC1. The summed E-state index contributed by atoms with van der Waals surface area (Å²) in [5, 5.41) is 3.38. The van der Waals surface area contributed by atoms with Crippen LogP contribution in [0.5, 0.6) is 0 Å². The molecule has 2 aliphatic heterocycles. The van der Waals surface area contributed by atoms with Gasteiger partial charge in [-0.3, -0.25) is 4.90 Å². The third-order valence-corrected chi connectivity index (χ3v) is 4.59. The summed E-state index contributed by atoms with van der Waals surface area (Å²) in [6.45, 7) is 11.7. The molecule has 2 saturated heterocycles. The predicted octanol–water partition coefficient (Wildman–Crippen LogP) is 0.324. The third kappa shape index (κ3) is 7.06. The molecule has 2 fully saturated rings. The molecule has 2 aliphatic rings. The first-order valence-corrected chi connectivity index (χ1v) is 8.66. The van der Waals surface area contributed by atoms with Gasteiger partial charge < -0.3 is 19.9 Å². The predicted molar refractivity (Wildman–Crippen MR) is 87.9 cm³/mol. The van der Waals surface area contributed by atoms with Gasteiger partial charge in [0.2, 0.25) is 0 Å². The van der Waals surface area contributed by atoms with Gasteiger partial charge in [-0.25, -0.2) is 0 Å². The van der Waals surface area contributed by atoms with Crippen LogP contribution < -0.4 is 5.32 Å². The molecule has 0 unspecified atom stereocenters. The highest BCUT2D eigenvalue weighted by atomic mass is 16.5. The highest BCUT2D eigenvalue weighted by Gasteiger charge is 2.17. The number of nitrogens with one attached hydrogen (secondary N) is 1. The molecular weight excluding hydrogens is 264 g/mol. The molecule has 0 atom stereocenters. The van der Waals surface area contributed by atoms with Gasteiger partial charge in [0.1, 0.15) is 0 Å². The van der Waals surface area contributed by atoms with Gasteiger partial charge in [0, 0.05) is 52.4 Å². The number of ether oxygens (including phenoxy) is 1. The maximum atomic E-state index is 5.98. The van der Waals surface area contributed by atoms with Gasteiger partial charge in [0.15, 0.2) is 0 Å². The number of likely N-dealkylation sites (N-methyl/N-ethyl adjacent to an activating group) is 1. The maximum Gasteiger partial charge on any atom is 0.0599 e. The minimum atomic E-state index is 0.508. The van der Waals surface area contributed by atoms with Crippen LogP contribution in [0.3, 0.4) is 0 Å². The van der Waals surface area contributed by atoms with Crippen LogP contribution in [0.25, 0.3) is 0 Å². The van der Waals surface area contributed by atoms with Gasteiger partial charge >= 0.3 is 0 Å². The van der Waals surface area contributed by atoms with Crippen LogP contribution in [0.2, 0.25) is 0 Å². The lowest BCUT2D eigenvalue weighted by Crippen LogP contribution is -2.48. The summed E-state index contributed by atoms with van der Waals surface area (Å²) >= 11 is 0. The van der Waals surface area contributed by atoms with Crippen molar-refractivity contribution >= 4 is 0 Å². The lowest BCUT2D eigenvalue weighted by atomic mass is 10.1. The largest absolute Gasteiger partial charge is 0.378 e. The van der Waals surface area contributed by atoms with Crippen LogP contribution in [0.1, 0.15) is 19.3 Å². The molecule has 2 heterocycles. The molecule has 2 rings (SSSR count). The third-order valence-electron chi connectivity index (χ3n) is 4.59. The molecular formula is C16H34N4O. The Morgan fingerprint density at radius 2 is 1.62 bits per heavy atom. The van der Waals surface area contributed by atoms with E-state index < -0.39 is 0 Å². The zero-order valence-corrected chi connectivity index (χ0v) is 14.0. The van der Waals surface area contributed by atoms with E-state index in [4.69, 9.17) is 4.74 Å². The first kappa shape index (κ1) is 17.2. The molecule has 5 heteroatoms. The fourth-order valence-corrected chi connectivity index (χ4v) is 3.08. The lowest BCUT2D eigenvalue weighted by Gasteiger charge is -2.35. The first-order chi connectivity index (χ1) is 10.2. The van der Waals surface area contributed by atoms with E-state index in [-0.39, 0.29) is 0 Å². The van der Waals surface area contributed by atoms with Crippen LogP contribution >= 0.6 is 0 Å². The standard InChI is InChI=1S/C16H34N4O/c1-18(2)9-10-20-13-11-19(12-14-20)8-3-15-21-16-4-6-17-7-5-16/h16-17H,3-15H2,1-2H3. The van der Waals surface area contributed by atoms with E-state index in [0.717, 1.165) is 19.7 Å². The number of piperazine rings is 1. The topological polar surface area (TPSA) is 31.0 Å². The number of hydrogen-bond donors (Lipinski definition) is 1. The van der Waals surface area contributed by atoms with Crippen molar-refractivity contribution in [1.29, 1.82) is 0 Å².